The summed E-state index contributed by atoms with van der Waals surface area (Å²) in [4.78, 5) is 47.4. The Hall–Kier alpha value is -2.02. The zero-order valence-corrected chi connectivity index (χ0v) is 11.4. The van der Waals surface area contributed by atoms with Crippen molar-refractivity contribution in [3.63, 3.8) is 0 Å². The number of anilines is 1. The molecule has 19 heavy (non-hydrogen) atoms. The maximum absolute atomic E-state index is 12.1. The second kappa shape index (κ2) is 4.93. The Labute approximate surface area is 116 Å². The Morgan fingerprint density at radius 3 is 2.32 bits per heavy atom. The van der Waals surface area contributed by atoms with Gasteiger partial charge in [0.05, 0.1) is 5.69 Å². The van der Waals surface area contributed by atoms with Crippen LogP contribution in [0.3, 0.4) is 0 Å². The number of nitrogens with zero attached hydrogens (tertiary/aromatic N) is 1. The highest BCUT2D eigenvalue weighted by Gasteiger charge is 2.43. The largest absolute Gasteiger partial charge is 0.335 e. The number of imide groups is 2. The molecule has 1 aliphatic rings. The van der Waals surface area contributed by atoms with Crippen LogP contribution in [-0.4, -0.2) is 23.6 Å². The van der Waals surface area contributed by atoms with Gasteiger partial charge in [0.1, 0.15) is 0 Å². The number of carbonyl (C=O) groups is 4. The van der Waals surface area contributed by atoms with E-state index in [4.69, 9.17) is 0 Å². The lowest BCUT2D eigenvalue weighted by molar-refractivity contribution is -0.140. The molecular weight excluding hydrogens is 316 g/mol. The molecule has 1 N–H and O–H groups in total. The number of nitrogens with one attached hydrogen (secondary N) is 1. The first-order valence-corrected chi connectivity index (χ1v) is 6.16. The maximum atomic E-state index is 12.1. The highest BCUT2D eigenvalue weighted by Crippen LogP contribution is 2.23. The summed E-state index contributed by atoms with van der Waals surface area (Å²) in [5, 5.41) is 2.00. The molecule has 0 spiro atoms. The van der Waals surface area contributed by atoms with Crippen molar-refractivity contribution < 1.29 is 19.2 Å². The molecule has 0 unspecified atom stereocenters. The summed E-state index contributed by atoms with van der Waals surface area (Å²) in [5.41, 5.74) is 0.296. The van der Waals surface area contributed by atoms with Crippen LogP contribution in [0.25, 0.3) is 0 Å². The van der Waals surface area contributed by atoms with Gasteiger partial charge in [0, 0.05) is 4.47 Å². The van der Waals surface area contributed by atoms with E-state index in [1.807, 2.05) is 5.32 Å². The molecule has 0 bridgehead atoms. The Morgan fingerprint density at radius 1 is 1.21 bits per heavy atom. The number of rotatable bonds is 2. The molecule has 7 heteroatoms. The summed E-state index contributed by atoms with van der Waals surface area (Å²) in [6.07, 6.45) is 0. The molecule has 4 amide bonds. The smallest absolute Gasteiger partial charge is 0.299 e. The number of hydrogen-bond acceptors (Lipinski definition) is 4. The van der Waals surface area contributed by atoms with Gasteiger partial charge in [-0.1, -0.05) is 15.9 Å². The number of halogens is 1. The van der Waals surface area contributed by atoms with Crippen LogP contribution in [0.5, 0.6) is 0 Å². The molecule has 0 saturated carbocycles. The molecule has 0 radical (unpaired) electrons. The van der Waals surface area contributed by atoms with Crippen LogP contribution in [0.1, 0.15) is 6.92 Å². The molecule has 98 valence electrons. The van der Waals surface area contributed by atoms with Crippen LogP contribution >= 0.6 is 15.9 Å². The summed E-state index contributed by atoms with van der Waals surface area (Å²) >= 11 is 3.23. The van der Waals surface area contributed by atoms with E-state index in [-0.39, 0.29) is 0 Å². The van der Waals surface area contributed by atoms with Crippen molar-refractivity contribution in [3.8, 4) is 0 Å². The van der Waals surface area contributed by atoms with Crippen molar-refractivity contribution in [2.45, 2.75) is 6.92 Å². The third kappa shape index (κ3) is 2.41. The second-order valence-electron chi connectivity index (χ2n) is 3.99. The van der Waals surface area contributed by atoms with Gasteiger partial charge in [-0.2, -0.15) is 0 Å². The number of amides is 4. The summed E-state index contributed by atoms with van der Waals surface area (Å²) in [5.74, 6) is -3.78. The fraction of sp³-hybridized carbons (Fsp3) is 0.167. The van der Waals surface area contributed by atoms with Gasteiger partial charge in [-0.25, -0.2) is 9.69 Å². The lowest BCUT2D eigenvalue weighted by Gasteiger charge is -2.28. The third-order valence-electron chi connectivity index (χ3n) is 2.65. The fourth-order valence-electron chi connectivity index (χ4n) is 1.77. The topological polar surface area (TPSA) is 83.6 Å². The normalized spacial score (nSPS) is 19.4. The molecule has 1 atom stereocenters. The Bertz CT molecular complexity index is 582. The number of carbonyl (C=O) groups excluding carboxylic acids is 4. The molecule has 0 aromatic heterocycles. The van der Waals surface area contributed by atoms with Gasteiger partial charge < -0.3 is 0 Å². The van der Waals surface area contributed by atoms with Crippen LogP contribution < -0.4 is 10.2 Å². The fourth-order valence-corrected chi connectivity index (χ4v) is 2.03. The average molecular weight is 325 g/mol. The lowest BCUT2D eigenvalue weighted by atomic mass is 10.0. The number of Topliss-reactive ketones (excluding diaryl/α,β-unsaturated/α-hetero) is 1. The van der Waals surface area contributed by atoms with Crippen LogP contribution in [-0.2, 0) is 14.4 Å². The number of benzene rings is 1. The molecule has 1 heterocycles. The summed E-state index contributed by atoms with van der Waals surface area (Å²) < 4.78 is 0.778. The zero-order valence-electron chi connectivity index (χ0n) is 9.84. The van der Waals surface area contributed by atoms with Gasteiger partial charge in [-0.3, -0.25) is 19.7 Å². The van der Waals surface area contributed by atoms with Crippen molar-refractivity contribution in [2.24, 2.45) is 5.92 Å². The molecular formula is C12H9BrN2O4. The minimum absolute atomic E-state index is 0.296. The quantitative estimate of drug-likeness (QED) is 0.829. The average Bonchev–Trinajstić information content (AvgIpc) is 2.30. The number of barbiturate groups is 1. The SMILES string of the molecule is CC(=O)[C@@H]1C(=O)NC(=O)N(c2ccc(Br)cc2)C1=O. The summed E-state index contributed by atoms with van der Waals surface area (Å²) in [6, 6.07) is 5.52. The van der Waals surface area contributed by atoms with E-state index >= 15 is 0 Å². The van der Waals surface area contributed by atoms with Crippen LogP contribution in [0.2, 0.25) is 0 Å². The first-order valence-electron chi connectivity index (χ1n) is 5.36. The first kappa shape index (κ1) is 13.4. The van der Waals surface area contributed by atoms with Crippen molar-refractivity contribution in [3.05, 3.63) is 28.7 Å². The van der Waals surface area contributed by atoms with E-state index in [0.717, 1.165) is 16.3 Å². The van der Waals surface area contributed by atoms with Crippen LogP contribution in [0, 0.1) is 5.92 Å². The maximum Gasteiger partial charge on any atom is 0.335 e. The van der Waals surface area contributed by atoms with E-state index in [1.165, 1.54) is 12.1 Å². The first-order chi connectivity index (χ1) is 8.91. The molecule has 6 nitrogen and oxygen atoms in total. The third-order valence-corrected chi connectivity index (χ3v) is 3.18. The number of ketones is 1. The molecule has 1 aromatic carbocycles. The lowest BCUT2D eigenvalue weighted by Crippen LogP contribution is -2.59. The van der Waals surface area contributed by atoms with Crippen molar-refractivity contribution in [2.75, 3.05) is 4.90 Å². The number of urea groups is 1. The Balaban J connectivity index is 2.41. The minimum atomic E-state index is -1.47. The van der Waals surface area contributed by atoms with Gasteiger partial charge in [0.2, 0.25) is 5.91 Å². The molecule has 0 aliphatic carbocycles. The Morgan fingerprint density at radius 2 is 1.79 bits per heavy atom. The standard InChI is InChI=1S/C12H9BrN2O4/c1-6(16)9-10(17)14-12(19)15(11(9)18)8-4-2-7(13)3-5-8/h2-5,9H,1H3,(H,14,17,19)/t9-/m1/s1. The highest BCUT2D eigenvalue weighted by molar-refractivity contribution is 9.10. The Kier molecular flexibility index (Phi) is 3.48. The zero-order chi connectivity index (χ0) is 14.2. The van der Waals surface area contributed by atoms with Crippen LogP contribution in [0.4, 0.5) is 10.5 Å². The predicted molar refractivity (Wildman–Crippen MR) is 69.3 cm³/mol. The monoisotopic (exact) mass is 324 g/mol. The van der Waals surface area contributed by atoms with Gasteiger partial charge in [0.15, 0.2) is 11.7 Å². The van der Waals surface area contributed by atoms with Crippen molar-refractivity contribution in [1.82, 2.24) is 5.32 Å². The van der Waals surface area contributed by atoms with Gasteiger partial charge in [0.25, 0.3) is 5.91 Å². The molecule has 1 saturated heterocycles. The molecule has 1 fully saturated rings. The van der Waals surface area contributed by atoms with E-state index in [1.54, 1.807) is 12.1 Å². The second-order valence-corrected chi connectivity index (χ2v) is 4.90. The molecule has 2 rings (SSSR count). The van der Waals surface area contributed by atoms with Crippen LogP contribution in [0.15, 0.2) is 28.7 Å². The highest BCUT2D eigenvalue weighted by atomic mass is 79.9. The van der Waals surface area contributed by atoms with E-state index in [2.05, 4.69) is 15.9 Å². The predicted octanol–water partition coefficient (Wildman–Crippen LogP) is 1.24. The molecule has 1 aromatic rings. The number of hydrogen-bond donors (Lipinski definition) is 1. The van der Waals surface area contributed by atoms with E-state index in [9.17, 15) is 19.2 Å². The van der Waals surface area contributed by atoms with Gasteiger partial charge in [-0.15, -0.1) is 0 Å². The summed E-state index contributed by atoms with van der Waals surface area (Å²) in [6.45, 7) is 1.14. The van der Waals surface area contributed by atoms with E-state index < -0.39 is 29.5 Å². The van der Waals surface area contributed by atoms with Crippen molar-refractivity contribution >= 4 is 45.2 Å². The minimum Gasteiger partial charge on any atom is -0.299 e. The van der Waals surface area contributed by atoms with Gasteiger partial charge in [-0.05, 0) is 31.2 Å². The molecule has 1 aliphatic heterocycles. The van der Waals surface area contributed by atoms with Gasteiger partial charge >= 0.3 is 6.03 Å². The summed E-state index contributed by atoms with van der Waals surface area (Å²) in [7, 11) is 0. The van der Waals surface area contributed by atoms with Crippen molar-refractivity contribution in [1.29, 1.82) is 0 Å². The van der Waals surface area contributed by atoms with E-state index in [0.29, 0.717) is 5.69 Å².